The molecule has 0 saturated heterocycles. The number of nitrogens with zero attached hydrogens (tertiary/aromatic N) is 1. The molecular weight excluding hydrogens is 358 g/mol. The molecule has 0 saturated carbocycles. The van der Waals surface area contributed by atoms with Crippen LogP contribution in [0.3, 0.4) is 0 Å². The monoisotopic (exact) mass is 381 g/mol. The van der Waals surface area contributed by atoms with Gasteiger partial charge in [0.1, 0.15) is 6.04 Å². The molecule has 0 amide bonds. The summed E-state index contributed by atoms with van der Waals surface area (Å²) in [5.74, 6) is -1.37. The summed E-state index contributed by atoms with van der Waals surface area (Å²) in [5, 5.41) is 11.2. The van der Waals surface area contributed by atoms with Gasteiger partial charge in [-0.2, -0.15) is 0 Å². The molecule has 2 aromatic carbocycles. The molecule has 0 aliphatic heterocycles. The van der Waals surface area contributed by atoms with Crippen LogP contribution < -0.4 is 22.7 Å². The summed E-state index contributed by atoms with van der Waals surface area (Å²) >= 11 is 0. The fourth-order valence-corrected chi connectivity index (χ4v) is 2.39. The van der Waals surface area contributed by atoms with Gasteiger partial charge in [0.05, 0.1) is 12.3 Å². The average Bonchev–Trinajstić information content (AvgIpc) is 2.59. The Morgan fingerprint density at radius 3 is 2.54 bits per heavy atom. The lowest BCUT2D eigenvalue weighted by Gasteiger charge is -2.18. The minimum Gasteiger partial charge on any atom is -0.480 e. The summed E-state index contributed by atoms with van der Waals surface area (Å²) in [6, 6.07) is 12.8. The molecule has 1 unspecified atom stereocenters. The van der Waals surface area contributed by atoms with E-state index in [2.05, 4.69) is 10.5 Å². The van der Waals surface area contributed by atoms with Crippen LogP contribution in [0.1, 0.15) is 6.42 Å². The lowest BCUT2D eigenvalue weighted by atomic mass is 10.0. The molecular formula is C17H24ClN5O3. The first-order valence-corrected chi connectivity index (χ1v) is 7.86. The first kappa shape index (κ1) is 21.5. The molecule has 0 aliphatic rings. The Labute approximate surface area is 157 Å². The van der Waals surface area contributed by atoms with Gasteiger partial charge < -0.3 is 22.3 Å². The van der Waals surface area contributed by atoms with Crippen LogP contribution in [0.4, 0.5) is 5.69 Å². The maximum Gasteiger partial charge on any atom is 0.320 e. The molecule has 142 valence electrons. The summed E-state index contributed by atoms with van der Waals surface area (Å²) in [4.78, 5) is 20.3. The van der Waals surface area contributed by atoms with Crippen LogP contribution in [0.25, 0.3) is 10.8 Å². The molecule has 0 bridgehead atoms. The summed E-state index contributed by atoms with van der Waals surface area (Å²) in [5.41, 5.74) is 19.9. The van der Waals surface area contributed by atoms with Gasteiger partial charge in [0.25, 0.3) is 0 Å². The van der Waals surface area contributed by atoms with Crippen molar-refractivity contribution in [1.82, 2.24) is 0 Å². The number of aliphatic imine (C=N–C) groups is 1. The predicted octanol–water partition coefficient (Wildman–Crippen LogP) is 1.30. The van der Waals surface area contributed by atoms with Crippen molar-refractivity contribution >= 4 is 40.8 Å². The second kappa shape index (κ2) is 10.4. The number of hydrogen-bond acceptors (Lipinski definition) is 5. The summed E-state index contributed by atoms with van der Waals surface area (Å²) in [6.45, 7) is 0.452. The molecule has 0 spiro atoms. The summed E-state index contributed by atoms with van der Waals surface area (Å²) in [7, 11) is 0. The molecule has 0 heterocycles. The number of nitrogens with two attached hydrogens (primary N) is 3. The fourth-order valence-electron chi connectivity index (χ4n) is 2.39. The zero-order valence-corrected chi connectivity index (χ0v) is 15.0. The lowest BCUT2D eigenvalue weighted by Crippen LogP contribution is -2.35. The van der Waals surface area contributed by atoms with Crippen molar-refractivity contribution in [2.75, 3.05) is 18.6 Å². The molecule has 0 fully saturated rings. The van der Waals surface area contributed by atoms with Crippen molar-refractivity contribution in [2.45, 2.75) is 12.5 Å². The van der Waals surface area contributed by atoms with Crippen LogP contribution in [-0.4, -0.2) is 36.2 Å². The van der Waals surface area contributed by atoms with Crippen molar-refractivity contribution in [3.63, 3.8) is 0 Å². The van der Waals surface area contributed by atoms with E-state index in [4.69, 9.17) is 27.1 Å². The van der Waals surface area contributed by atoms with Crippen molar-refractivity contribution < 1.29 is 14.7 Å². The number of halogens is 1. The van der Waals surface area contributed by atoms with E-state index in [9.17, 15) is 4.79 Å². The summed E-state index contributed by atoms with van der Waals surface area (Å²) < 4.78 is 0. The average molecular weight is 382 g/mol. The zero-order chi connectivity index (χ0) is 18.2. The molecule has 0 aliphatic carbocycles. The Kier molecular flexibility index (Phi) is 8.63. The first-order valence-electron chi connectivity index (χ1n) is 7.86. The van der Waals surface area contributed by atoms with Gasteiger partial charge in [-0.15, -0.1) is 12.4 Å². The largest absolute Gasteiger partial charge is 0.480 e. The third-order valence-electron chi connectivity index (χ3n) is 3.70. The molecule has 2 rings (SSSR count). The highest BCUT2D eigenvalue weighted by molar-refractivity contribution is 5.85. The number of aliphatic carboxylic acids is 1. The van der Waals surface area contributed by atoms with Crippen LogP contribution >= 0.6 is 12.4 Å². The Morgan fingerprint density at radius 2 is 1.88 bits per heavy atom. The van der Waals surface area contributed by atoms with Crippen molar-refractivity contribution in [1.29, 1.82) is 0 Å². The van der Waals surface area contributed by atoms with Gasteiger partial charge in [-0.05, 0) is 29.3 Å². The van der Waals surface area contributed by atoms with Crippen molar-refractivity contribution in [2.24, 2.45) is 28.1 Å². The second-order valence-electron chi connectivity index (χ2n) is 5.79. The van der Waals surface area contributed by atoms with Crippen LogP contribution in [0, 0.1) is 5.92 Å². The van der Waals surface area contributed by atoms with Crippen molar-refractivity contribution in [3.8, 4) is 0 Å². The normalized spacial score (nSPS) is 12.7. The third kappa shape index (κ3) is 6.75. The van der Waals surface area contributed by atoms with Gasteiger partial charge in [0.15, 0.2) is 5.96 Å². The molecule has 0 aromatic heterocycles. The summed E-state index contributed by atoms with van der Waals surface area (Å²) in [6.07, 6.45) is 0.200. The van der Waals surface area contributed by atoms with Gasteiger partial charge in [-0.3, -0.25) is 20.1 Å². The molecule has 26 heavy (non-hydrogen) atoms. The number of carbonyl (C=O) groups is 1. The van der Waals surface area contributed by atoms with E-state index in [0.29, 0.717) is 0 Å². The van der Waals surface area contributed by atoms with E-state index in [-0.39, 0.29) is 43.9 Å². The minimum absolute atomic E-state index is 0. The number of carboxylic acids is 1. The molecule has 2 aromatic rings. The standard InChI is InChI=1S/C17H23N5O3.ClH/c18-15(16(23)24)7-11(9-21-17(19)20)10-25-22-14-6-5-12-3-1-2-4-13(12)8-14;/h1-6,8,11,15,22H,7,9-10,18H2,(H,23,24)(H4,19,20,21);1H/t11?,15-;/m0./s1. The Balaban J connectivity index is 0.00000338. The van der Waals surface area contributed by atoms with Crippen LogP contribution in [-0.2, 0) is 9.63 Å². The fraction of sp³-hybridized carbons (Fsp3) is 0.294. The molecule has 0 radical (unpaired) electrons. The Hall–Kier alpha value is -2.55. The number of nitrogens with one attached hydrogen (secondary N) is 1. The SMILES string of the molecule is Cl.NC(N)=NCC(CONc1ccc2ccccc2c1)C[C@H](N)C(=O)O. The van der Waals surface area contributed by atoms with Crippen molar-refractivity contribution in [3.05, 3.63) is 42.5 Å². The van der Waals surface area contributed by atoms with E-state index in [1.54, 1.807) is 0 Å². The molecule has 2 atom stereocenters. The van der Waals surface area contributed by atoms with Crippen LogP contribution in [0.15, 0.2) is 47.5 Å². The van der Waals surface area contributed by atoms with Gasteiger partial charge in [0, 0.05) is 12.5 Å². The quantitative estimate of drug-likeness (QED) is 0.249. The zero-order valence-electron chi connectivity index (χ0n) is 14.2. The van der Waals surface area contributed by atoms with E-state index in [1.165, 1.54) is 0 Å². The van der Waals surface area contributed by atoms with E-state index < -0.39 is 12.0 Å². The number of fused-ring (bicyclic) bond motifs is 1. The highest BCUT2D eigenvalue weighted by Crippen LogP contribution is 2.19. The number of rotatable bonds is 9. The Morgan fingerprint density at radius 1 is 1.19 bits per heavy atom. The molecule has 9 heteroatoms. The third-order valence-corrected chi connectivity index (χ3v) is 3.70. The number of anilines is 1. The Bertz CT molecular complexity index is 752. The van der Waals surface area contributed by atoms with E-state index in [1.807, 2.05) is 42.5 Å². The van der Waals surface area contributed by atoms with E-state index in [0.717, 1.165) is 16.5 Å². The second-order valence-corrected chi connectivity index (χ2v) is 5.79. The maximum atomic E-state index is 10.9. The highest BCUT2D eigenvalue weighted by Gasteiger charge is 2.19. The number of hydrogen-bond donors (Lipinski definition) is 5. The van der Waals surface area contributed by atoms with Crippen LogP contribution in [0.2, 0.25) is 0 Å². The number of guanidine groups is 1. The maximum absolute atomic E-state index is 10.9. The number of benzene rings is 2. The highest BCUT2D eigenvalue weighted by atomic mass is 35.5. The number of carboxylic acid groups (broad SMARTS) is 1. The van der Waals surface area contributed by atoms with Gasteiger partial charge >= 0.3 is 5.97 Å². The molecule has 8 N–H and O–H groups in total. The van der Waals surface area contributed by atoms with Gasteiger partial charge in [0.2, 0.25) is 0 Å². The van der Waals surface area contributed by atoms with Gasteiger partial charge in [-0.1, -0.05) is 30.3 Å². The topological polar surface area (TPSA) is 149 Å². The minimum atomic E-state index is -1.07. The van der Waals surface area contributed by atoms with E-state index >= 15 is 0 Å². The predicted molar refractivity (Wildman–Crippen MR) is 105 cm³/mol. The first-order chi connectivity index (χ1) is 12.0. The molecule has 8 nitrogen and oxygen atoms in total. The smallest absolute Gasteiger partial charge is 0.320 e. The lowest BCUT2D eigenvalue weighted by molar-refractivity contribution is -0.139. The van der Waals surface area contributed by atoms with Crippen LogP contribution in [0.5, 0.6) is 0 Å². The van der Waals surface area contributed by atoms with Gasteiger partial charge in [-0.25, -0.2) is 0 Å².